The van der Waals surface area contributed by atoms with Crippen LogP contribution in [0.4, 0.5) is 9.18 Å². The Morgan fingerprint density at radius 3 is 2.50 bits per heavy atom. The van der Waals surface area contributed by atoms with E-state index in [1.165, 1.54) is 17.0 Å². The van der Waals surface area contributed by atoms with Crippen LogP contribution in [0.25, 0.3) is 10.9 Å². The van der Waals surface area contributed by atoms with Crippen LogP contribution in [0.5, 0.6) is 5.75 Å². The molecule has 1 aliphatic rings. The standard InChI is InChI=1S/C26H30FN3O4/c1-26(2,3)34-25(33)28(4)23(13-17-5-8-21(31)9-6-17)24(32)29-11-12-30-20(16-29)15-18-14-19(27)7-10-22(18)30/h5-10,14-15,23,31H,11-13,16H2,1-4H3. The Kier molecular flexibility index (Phi) is 6.25. The van der Waals surface area contributed by atoms with E-state index in [-0.39, 0.29) is 23.9 Å². The van der Waals surface area contributed by atoms with Gasteiger partial charge in [0.15, 0.2) is 0 Å². The molecule has 3 aromatic rings. The first-order valence-electron chi connectivity index (χ1n) is 11.3. The van der Waals surface area contributed by atoms with Crippen LogP contribution in [0.1, 0.15) is 32.0 Å². The first kappa shape index (κ1) is 23.6. The number of phenols is 1. The van der Waals surface area contributed by atoms with E-state index < -0.39 is 17.7 Å². The van der Waals surface area contributed by atoms with Gasteiger partial charge in [0.05, 0.1) is 6.54 Å². The van der Waals surface area contributed by atoms with E-state index >= 15 is 0 Å². The largest absolute Gasteiger partial charge is 0.508 e. The fourth-order valence-electron chi connectivity index (χ4n) is 4.29. The molecule has 0 spiro atoms. The molecule has 1 aliphatic heterocycles. The summed E-state index contributed by atoms with van der Waals surface area (Å²) in [5.41, 5.74) is 1.98. The fourth-order valence-corrected chi connectivity index (χ4v) is 4.29. The minimum absolute atomic E-state index is 0.132. The number of halogens is 1. The van der Waals surface area contributed by atoms with Gasteiger partial charge < -0.3 is 19.3 Å². The Morgan fingerprint density at radius 1 is 1.12 bits per heavy atom. The van der Waals surface area contributed by atoms with Gasteiger partial charge in [-0.3, -0.25) is 9.69 Å². The molecule has 1 unspecified atom stereocenters. The van der Waals surface area contributed by atoms with Gasteiger partial charge in [0.25, 0.3) is 0 Å². The summed E-state index contributed by atoms with van der Waals surface area (Å²) in [6.45, 7) is 6.76. The third kappa shape index (κ3) is 5.00. The summed E-state index contributed by atoms with van der Waals surface area (Å²) in [7, 11) is 1.57. The summed E-state index contributed by atoms with van der Waals surface area (Å²) in [6.07, 6.45) is -0.300. The normalized spacial score (nSPS) is 14.6. The number of carbonyl (C=O) groups excluding carboxylic acids is 2. The van der Waals surface area contributed by atoms with E-state index in [9.17, 15) is 19.1 Å². The summed E-state index contributed by atoms with van der Waals surface area (Å²) in [5.74, 6) is -0.354. The molecule has 2 heterocycles. The molecular weight excluding hydrogens is 437 g/mol. The second kappa shape index (κ2) is 9.00. The molecule has 7 nitrogen and oxygen atoms in total. The number of carbonyl (C=O) groups is 2. The van der Waals surface area contributed by atoms with Crippen LogP contribution in [0, 0.1) is 5.82 Å². The van der Waals surface area contributed by atoms with E-state index in [0.717, 1.165) is 22.2 Å². The molecule has 34 heavy (non-hydrogen) atoms. The zero-order valence-electron chi connectivity index (χ0n) is 19.9. The summed E-state index contributed by atoms with van der Waals surface area (Å²) in [4.78, 5) is 29.6. The van der Waals surface area contributed by atoms with Crippen LogP contribution >= 0.6 is 0 Å². The number of hydrogen-bond acceptors (Lipinski definition) is 4. The number of nitrogens with zero attached hydrogens (tertiary/aromatic N) is 3. The second-order valence-electron chi connectivity index (χ2n) is 9.73. The van der Waals surface area contributed by atoms with Crippen molar-refractivity contribution in [1.82, 2.24) is 14.4 Å². The van der Waals surface area contributed by atoms with Gasteiger partial charge in [0, 0.05) is 43.2 Å². The Bertz CT molecular complexity index is 1210. The van der Waals surface area contributed by atoms with Crippen LogP contribution in [0.15, 0.2) is 48.5 Å². The van der Waals surface area contributed by atoms with Crippen molar-refractivity contribution in [3.63, 3.8) is 0 Å². The summed E-state index contributed by atoms with van der Waals surface area (Å²) in [6, 6.07) is 12.4. The lowest BCUT2D eigenvalue weighted by Crippen LogP contribution is -2.52. The highest BCUT2D eigenvalue weighted by molar-refractivity contribution is 5.87. The third-order valence-corrected chi connectivity index (χ3v) is 6.01. The molecule has 1 N–H and O–H groups in total. The van der Waals surface area contributed by atoms with E-state index in [0.29, 0.717) is 19.6 Å². The molecule has 0 bridgehead atoms. The van der Waals surface area contributed by atoms with Gasteiger partial charge in [-0.25, -0.2) is 9.18 Å². The number of phenolic OH excluding ortho intramolecular Hbond substituents is 1. The molecule has 0 fully saturated rings. The Hall–Kier alpha value is -3.55. The number of ether oxygens (including phenoxy) is 1. The van der Waals surface area contributed by atoms with Gasteiger partial charge in [0.1, 0.15) is 23.2 Å². The molecule has 2 aromatic carbocycles. The van der Waals surface area contributed by atoms with Gasteiger partial charge in [-0.1, -0.05) is 12.1 Å². The lowest BCUT2D eigenvalue weighted by Gasteiger charge is -2.36. The zero-order valence-corrected chi connectivity index (χ0v) is 19.9. The Labute approximate surface area is 198 Å². The highest BCUT2D eigenvalue weighted by Gasteiger charge is 2.34. The van der Waals surface area contributed by atoms with E-state index in [4.69, 9.17) is 4.74 Å². The minimum Gasteiger partial charge on any atom is -0.508 e. The number of hydrogen-bond donors (Lipinski definition) is 1. The van der Waals surface area contributed by atoms with E-state index in [1.54, 1.807) is 63.1 Å². The molecule has 0 saturated heterocycles. The summed E-state index contributed by atoms with van der Waals surface area (Å²) in [5, 5.41) is 10.4. The van der Waals surface area contributed by atoms with Crippen LogP contribution in [-0.2, 0) is 29.0 Å². The zero-order chi connectivity index (χ0) is 24.6. The van der Waals surface area contributed by atoms with Crippen molar-refractivity contribution in [3.05, 3.63) is 65.6 Å². The fraction of sp³-hybridized carbons (Fsp3) is 0.385. The van der Waals surface area contributed by atoms with Crippen molar-refractivity contribution >= 4 is 22.9 Å². The van der Waals surface area contributed by atoms with Crippen LogP contribution in [0.2, 0.25) is 0 Å². The lowest BCUT2D eigenvalue weighted by atomic mass is 10.0. The van der Waals surface area contributed by atoms with Crippen molar-refractivity contribution in [3.8, 4) is 5.75 Å². The number of aromatic nitrogens is 1. The van der Waals surface area contributed by atoms with Gasteiger partial charge in [-0.15, -0.1) is 0 Å². The van der Waals surface area contributed by atoms with Crippen LogP contribution in [0.3, 0.4) is 0 Å². The molecule has 0 aliphatic carbocycles. The van der Waals surface area contributed by atoms with E-state index in [1.807, 2.05) is 6.07 Å². The van der Waals surface area contributed by atoms with Crippen LogP contribution < -0.4 is 0 Å². The molecule has 0 radical (unpaired) electrons. The summed E-state index contributed by atoms with van der Waals surface area (Å²) >= 11 is 0. The number of fused-ring (bicyclic) bond motifs is 3. The Morgan fingerprint density at radius 2 is 1.82 bits per heavy atom. The SMILES string of the molecule is CN(C(=O)OC(C)(C)C)C(Cc1ccc(O)cc1)C(=O)N1CCn2c(cc3cc(F)ccc32)C1. The smallest absolute Gasteiger partial charge is 0.410 e. The molecular formula is C26H30FN3O4. The molecule has 8 heteroatoms. The number of benzene rings is 2. The maximum Gasteiger partial charge on any atom is 0.410 e. The third-order valence-electron chi connectivity index (χ3n) is 6.01. The minimum atomic E-state index is -0.784. The van der Waals surface area contributed by atoms with Crippen molar-refractivity contribution in [2.45, 2.75) is 51.9 Å². The van der Waals surface area contributed by atoms with Crippen molar-refractivity contribution in [1.29, 1.82) is 0 Å². The number of aromatic hydroxyl groups is 1. The summed E-state index contributed by atoms with van der Waals surface area (Å²) < 4.78 is 21.3. The first-order valence-corrected chi connectivity index (χ1v) is 11.3. The molecule has 2 amide bonds. The maximum atomic E-state index is 13.7. The predicted molar refractivity (Wildman–Crippen MR) is 127 cm³/mol. The number of amides is 2. The maximum absolute atomic E-state index is 13.7. The lowest BCUT2D eigenvalue weighted by molar-refractivity contribution is -0.138. The average Bonchev–Trinajstić information content (AvgIpc) is 3.13. The quantitative estimate of drug-likeness (QED) is 0.621. The second-order valence-corrected chi connectivity index (χ2v) is 9.73. The molecule has 1 aromatic heterocycles. The monoisotopic (exact) mass is 467 g/mol. The predicted octanol–water partition coefficient (Wildman–Crippen LogP) is 4.31. The molecule has 0 saturated carbocycles. The average molecular weight is 468 g/mol. The molecule has 180 valence electrons. The van der Waals surface area contributed by atoms with Crippen molar-refractivity contribution < 1.29 is 23.8 Å². The van der Waals surface area contributed by atoms with Gasteiger partial charge in [-0.2, -0.15) is 0 Å². The van der Waals surface area contributed by atoms with E-state index in [2.05, 4.69) is 4.57 Å². The van der Waals surface area contributed by atoms with Gasteiger partial charge in [-0.05, 0) is 62.7 Å². The van der Waals surface area contributed by atoms with Gasteiger partial charge >= 0.3 is 6.09 Å². The van der Waals surface area contributed by atoms with Gasteiger partial charge in [0.2, 0.25) is 5.91 Å². The number of rotatable bonds is 4. The topological polar surface area (TPSA) is 75.0 Å². The molecule has 1 atom stereocenters. The first-order chi connectivity index (χ1) is 16.0. The molecule has 4 rings (SSSR count). The Balaban J connectivity index is 1.60. The van der Waals surface area contributed by atoms with Crippen LogP contribution in [-0.4, -0.2) is 56.7 Å². The highest BCUT2D eigenvalue weighted by atomic mass is 19.1. The highest BCUT2D eigenvalue weighted by Crippen LogP contribution is 2.26. The number of likely N-dealkylation sites (N-methyl/N-ethyl adjacent to an activating group) is 1. The van der Waals surface area contributed by atoms with Crippen molar-refractivity contribution in [2.75, 3.05) is 13.6 Å². The van der Waals surface area contributed by atoms with Crippen molar-refractivity contribution in [2.24, 2.45) is 0 Å².